The van der Waals surface area contributed by atoms with Crippen molar-refractivity contribution in [1.29, 1.82) is 0 Å². The lowest BCUT2D eigenvalue weighted by Crippen LogP contribution is -3.16. The van der Waals surface area contributed by atoms with E-state index in [1.54, 1.807) is 11.3 Å². The van der Waals surface area contributed by atoms with Gasteiger partial charge in [0.15, 0.2) is 13.1 Å². The number of aryl methyl sites for hydroxylation is 1. The van der Waals surface area contributed by atoms with Gasteiger partial charge in [0.2, 0.25) is 0 Å². The zero-order valence-corrected chi connectivity index (χ0v) is 18.5. The summed E-state index contributed by atoms with van der Waals surface area (Å²) < 4.78 is 0. The van der Waals surface area contributed by atoms with E-state index in [2.05, 4.69) is 22.8 Å². The van der Waals surface area contributed by atoms with E-state index in [9.17, 15) is 9.59 Å². The highest BCUT2D eigenvalue weighted by atomic mass is 32.1. The second kappa shape index (κ2) is 9.73. The van der Waals surface area contributed by atoms with Crippen LogP contribution < -0.4 is 15.1 Å². The van der Waals surface area contributed by atoms with Crippen LogP contribution >= 0.6 is 11.3 Å². The van der Waals surface area contributed by atoms with Gasteiger partial charge in [0.25, 0.3) is 11.8 Å². The smallest absolute Gasteiger partial charge is 0.279 e. The number of thiophene rings is 1. The van der Waals surface area contributed by atoms with Gasteiger partial charge in [-0.2, -0.15) is 0 Å². The molecule has 3 N–H and O–H groups in total. The van der Waals surface area contributed by atoms with Crippen LogP contribution in [0.5, 0.6) is 0 Å². The van der Waals surface area contributed by atoms with Gasteiger partial charge in [-0.1, -0.05) is 23.8 Å². The summed E-state index contributed by atoms with van der Waals surface area (Å²) in [5.41, 5.74) is 2.02. The molecule has 0 bridgehead atoms. The molecule has 2 saturated heterocycles. The van der Waals surface area contributed by atoms with Crippen LogP contribution in [-0.2, 0) is 9.59 Å². The molecule has 1 unspecified atom stereocenters. The van der Waals surface area contributed by atoms with Gasteiger partial charge in [0, 0.05) is 18.5 Å². The van der Waals surface area contributed by atoms with Crippen LogP contribution in [0.1, 0.15) is 29.3 Å². The van der Waals surface area contributed by atoms with Crippen molar-refractivity contribution >= 4 is 28.8 Å². The number of quaternary nitrogens is 2. The van der Waals surface area contributed by atoms with Gasteiger partial charge in [0.1, 0.15) is 6.04 Å². The van der Waals surface area contributed by atoms with Crippen molar-refractivity contribution in [2.75, 3.05) is 51.1 Å². The second-order valence-electron chi connectivity index (χ2n) is 8.52. The highest BCUT2D eigenvalue weighted by molar-refractivity contribution is 7.10. The van der Waals surface area contributed by atoms with Gasteiger partial charge in [-0.25, -0.2) is 0 Å². The van der Waals surface area contributed by atoms with Crippen LogP contribution in [0.4, 0.5) is 5.69 Å². The Kier molecular flexibility index (Phi) is 6.82. The zero-order valence-electron chi connectivity index (χ0n) is 17.7. The summed E-state index contributed by atoms with van der Waals surface area (Å²) in [6.45, 7) is 7.29. The van der Waals surface area contributed by atoms with E-state index >= 15 is 0 Å². The third kappa shape index (κ3) is 5.28. The lowest BCUT2D eigenvalue weighted by molar-refractivity contribution is -0.911. The lowest BCUT2D eigenvalue weighted by Gasteiger charge is -2.32. The van der Waals surface area contributed by atoms with Crippen molar-refractivity contribution in [3.05, 3.63) is 52.2 Å². The minimum Gasteiger partial charge on any atom is -0.327 e. The Hall–Kier alpha value is -2.22. The van der Waals surface area contributed by atoms with Gasteiger partial charge in [0.05, 0.1) is 37.6 Å². The molecule has 160 valence electrons. The average molecular weight is 429 g/mol. The predicted molar refractivity (Wildman–Crippen MR) is 119 cm³/mol. The number of anilines is 1. The lowest BCUT2D eigenvalue weighted by atomic mass is 10.2. The number of amides is 2. The fourth-order valence-electron chi connectivity index (χ4n) is 4.58. The first-order valence-corrected chi connectivity index (χ1v) is 11.8. The van der Waals surface area contributed by atoms with Gasteiger partial charge in [-0.05, 0) is 30.5 Å². The number of hydrogen-bond acceptors (Lipinski definition) is 3. The van der Waals surface area contributed by atoms with Crippen LogP contribution in [-0.4, -0.2) is 62.5 Å². The van der Waals surface area contributed by atoms with Crippen LogP contribution in [0.15, 0.2) is 41.8 Å². The SMILES string of the molecule is Cc1ccc(NC(=O)C[NH+]2CCN(C(=O)C[NH+]3CCC[C@H]3c3cccs3)CC2)cc1. The molecule has 1 aromatic carbocycles. The van der Waals surface area contributed by atoms with E-state index in [4.69, 9.17) is 0 Å². The maximum absolute atomic E-state index is 12.9. The Labute approximate surface area is 182 Å². The topological polar surface area (TPSA) is 58.3 Å². The molecule has 7 heteroatoms. The second-order valence-corrected chi connectivity index (χ2v) is 9.50. The largest absolute Gasteiger partial charge is 0.327 e. The predicted octanol–water partition coefficient (Wildman–Crippen LogP) is 0.142. The molecule has 0 aliphatic carbocycles. The van der Waals surface area contributed by atoms with E-state index in [-0.39, 0.29) is 11.8 Å². The molecule has 2 aromatic rings. The quantitative estimate of drug-likeness (QED) is 0.613. The molecule has 4 rings (SSSR count). The highest BCUT2D eigenvalue weighted by Crippen LogP contribution is 2.23. The Balaban J connectivity index is 1.21. The molecule has 2 aliphatic rings. The molecule has 2 aliphatic heterocycles. The maximum atomic E-state index is 12.9. The minimum atomic E-state index is 0.0360. The molecule has 1 aromatic heterocycles. The van der Waals surface area contributed by atoms with Crippen molar-refractivity contribution in [3.8, 4) is 0 Å². The molecule has 2 atom stereocenters. The number of likely N-dealkylation sites (tertiary alicyclic amines) is 1. The normalized spacial score (nSPS) is 22.2. The number of rotatable bonds is 6. The molecule has 2 fully saturated rings. The number of nitrogens with one attached hydrogen (secondary N) is 3. The summed E-state index contributed by atoms with van der Waals surface area (Å²) in [5.74, 6) is 0.297. The fraction of sp³-hybridized carbons (Fsp3) is 0.478. The van der Waals surface area contributed by atoms with E-state index in [1.807, 2.05) is 36.1 Å². The first-order valence-electron chi connectivity index (χ1n) is 10.9. The molecular weight excluding hydrogens is 396 g/mol. The van der Waals surface area contributed by atoms with E-state index < -0.39 is 0 Å². The van der Waals surface area contributed by atoms with E-state index in [0.717, 1.165) is 38.4 Å². The Morgan fingerprint density at radius 3 is 2.57 bits per heavy atom. The van der Waals surface area contributed by atoms with Crippen molar-refractivity contribution < 1.29 is 19.4 Å². The molecule has 30 heavy (non-hydrogen) atoms. The van der Waals surface area contributed by atoms with Gasteiger partial charge in [-0.3, -0.25) is 9.59 Å². The number of nitrogens with zero attached hydrogens (tertiary/aromatic N) is 1. The first kappa shape index (κ1) is 21.0. The van der Waals surface area contributed by atoms with E-state index in [1.165, 1.54) is 33.1 Å². The summed E-state index contributed by atoms with van der Waals surface area (Å²) in [6.07, 6.45) is 2.37. The Morgan fingerprint density at radius 2 is 1.87 bits per heavy atom. The van der Waals surface area contributed by atoms with Crippen LogP contribution in [0.3, 0.4) is 0 Å². The molecule has 6 nitrogen and oxygen atoms in total. The van der Waals surface area contributed by atoms with Crippen LogP contribution in [0.25, 0.3) is 0 Å². The van der Waals surface area contributed by atoms with Crippen molar-refractivity contribution in [2.24, 2.45) is 0 Å². The zero-order chi connectivity index (χ0) is 20.9. The van der Waals surface area contributed by atoms with Crippen molar-refractivity contribution in [3.63, 3.8) is 0 Å². The summed E-state index contributed by atoms with van der Waals surface area (Å²) in [4.78, 5) is 31.3. The maximum Gasteiger partial charge on any atom is 0.279 e. The average Bonchev–Trinajstić information content (AvgIpc) is 3.42. The Bertz CT molecular complexity index is 845. The van der Waals surface area contributed by atoms with Gasteiger partial charge in [-0.15, -0.1) is 11.3 Å². The van der Waals surface area contributed by atoms with Gasteiger partial charge < -0.3 is 20.0 Å². The van der Waals surface area contributed by atoms with Crippen LogP contribution in [0.2, 0.25) is 0 Å². The summed E-state index contributed by atoms with van der Waals surface area (Å²) >= 11 is 1.81. The number of hydrogen-bond donors (Lipinski definition) is 3. The van der Waals surface area contributed by atoms with Crippen molar-refractivity contribution in [1.82, 2.24) is 4.90 Å². The molecule has 2 amide bonds. The molecule has 3 heterocycles. The summed E-state index contributed by atoms with van der Waals surface area (Å²) in [6, 6.07) is 12.7. The third-order valence-corrected chi connectivity index (χ3v) is 7.30. The molecule has 0 saturated carbocycles. The fourth-order valence-corrected chi connectivity index (χ4v) is 5.50. The monoisotopic (exact) mass is 428 g/mol. The summed E-state index contributed by atoms with van der Waals surface area (Å²) in [7, 11) is 0. The Morgan fingerprint density at radius 1 is 1.10 bits per heavy atom. The van der Waals surface area contributed by atoms with Gasteiger partial charge >= 0.3 is 0 Å². The molecule has 0 spiro atoms. The van der Waals surface area contributed by atoms with Crippen LogP contribution in [0, 0.1) is 6.92 Å². The van der Waals surface area contributed by atoms with Crippen molar-refractivity contribution in [2.45, 2.75) is 25.8 Å². The van der Waals surface area contributed by atoms with E-state index in [0.29, 0.717) is 19.1 Å². The highest BCUT2D eigenvalue weighted by Gasteiger charge is 2.34. The number of piperazine rings is 1. The number of carbonyl (C=O) groups excluding carboxylic acids is 2. The third-order valence-electron chi connectivity index (χ3n) is 6.32. The summed E-state index contributed by atoms with van der Waals surface area (Å²) in [5, 5.41) is 5.10. The standard InChI is InChI=1S/C23H30N4O2S/c1-18-6-8-19(9-7-18)24-22(28)16-25-11-13-26(14-12-25)23(29)17-27-10-2-4-20(27)21-5-3-15-30-21/h3,5-9,15,20H,2,4,10-14,16-17H2,1H3,(H,24,28)/p+2/t20-/m0/s1. The minimum absolute atomic E-state index is 0.0360. The molecule has 0 radical (unpaired) electrons. The first-order chi connectivity index (χ1) is 14.6. The number of benzene rings is 1. The number of carbonyl (C=O) groups is 2. The molecular formula is C23H32N4O2S+2.